The number of aryl methyl sites for hydroxylation is 1. The predicted octanol–water partition coefficient (Wildman–Crippen LogP) is 2.82. The van der Waals surface area contributed by atoms with Crippen LogP contribution in [-0.2, 0) is 16.0 Å². The smallest absolute Gasteiger partial charge is 0.338 e. The number of rotatable bonds is 5. The Hall–Kier alpha value is -3.22. The van der Waals surface area contributed by atoms with E-state index in [-0.39, 0.29) is 24.1 Å². The average molecular weight is 397 g/mol. The molecule has 1 atom stereocenters. The maximum absolute atomic E-state index is 12.4. The van der Waals surface area contributed by atoms with Crippen molar-refractivity contribution in [3.8, 4) is 17.2 Å². The highest BCUT2D eigenvalue weighted by Crippen LogP contribution is 2.40. The van der Waals surface area contributed by atoms with Crippen LogP contribution in [0.1, 0.15) is 40.4 Å². The maximum atomic E-state index is 12.4. The molecule has 1 aliphatic carbocycles. The normalized spacial score (nSPS) is 17.1. The Bertz CT molecular complexity index is 908. The third-order valence-corrected chi connectivity index (χ3v) is 5.10. The Morgan fingerprint density at radius 2 is 2.00 bits per heavy atom. The van der Waals surface area contributed by atoms with Gasteiger partial charge in [0.05, 0.1) is 18.7 Å². The minimum atomic E-state index is -0.625. The SMILES string of the molecule is COc1cc(C(=O)OCC(=O)N[C@@H]2CCCc3ccccc32)cc2c1OCCO2. The fourth-order valence-corrected chi connectivity index (χ4v) is 3.75. The van der Waals surface area contributed by atoms with Crippen LogP contribution >= 0.6 is 0 Å². The lowest BCUT2D eigenvalue weighted by molar-refractivity contribution is -0.125. The van der Waals surface area contributed by atoms with Gasteiger partial charge >= 0.3 is 5.97 Å². The van der Waals surface area contributed by atoms with Gasteiger partial charge in [0.1, 0.15) is 13.2 Å². The van der Waals surface area contributed by atoms with E-state index in [9.17, 15) is 9.59 Å². The molecule has 0 spiro atoms. The topological polar surface area (TPSA) is 83.1 Å². The van der Waals surface area contributed by atoms with E-state index in [2.05, 4.69) is 11.4 Å². The number of carbonyl (C=O) groups is 2. The lowest BCUT2D eigenvalue weighted by Gasteiger charge is -2.26. The zero-order valence-corrected chi connectivity index (χ0v) is 16.2. The molecular weight excluding hydrogens is 374 g/mol. The van der Waals surface area contributed by atoms with Gasteiger partial charge in [0, 0.05) is 0 Å². The summed E-state index contributed by atoms with van der Waals surface area (Å²) in [5.41, 5.74) is 2.63. The molecule has 2 aliphatic rings. The molecule has 0 aromatic heterocycles. The van der Waals surface area contributed by atoms with Gasteiger partial charge in [-0.25, -0.2) is 4.79 Å². The van der Waals surface area contributed by atoms with Crippen LogP contribution in [0.2, 0.25) is 0 Å². The van der Waals surface area contributed by atoms with Gasteiger partial charge in [-0.1, -0.05) is 24.3 Å². The number of methoxy groups -OCH3 is 1. The van der Waals surface area contributed by atoms with E-state index in [1.165, 1.54) is 24.8 Å². The second-order valence-corrected chi connectivity index (χ2v) is 6.99. The van der Waals surface area contributed by atoms with Crippen molar-refractivity contribution in [3.63, 3.8) is 0 Å². The second-order valence-electron chi connectivity index (χ2n) is 6.99. The van der Waals surface area contributed by atoms with Crippen LogP contribution in [0.3, 0.4) is 0 Å². The van der Waals surface area contributed by atoms with Crippen LogP contribution in [0, 0.1) is 0 Å². The Labute approximate surface area is 168 Å². The van der Waals surface area contributed by atoms with Crippen molar-refractivity contribution in [1.82, 2.24) is 5.32 Å². The number of esters is 1. The summed E-state index contributed by atoms with van der Waals surface area (Å²) in [6, 6.07) is 11.1. The molecule has 0 saturated carbocycles. The third kappa shape index (κ3) is 4.13. The molecule has 0 radical (unpaired) electrons. The highest BCUT2D eigenvalue weighted by molar-refractivity contribution is 5.93. The van der Waals surface area contributed by atoms with Crippen LogP contribution in [0.15, 0.2) is 36.4 Å². The number of benzene rings is 2. The molecule has 29 heavy (non-hydrogen) atoms. The molecule has 1 N–H and O–H groups in total. The van der Waals surface area contributed by atoms with Crippen molar-refractivity contribution in [2.24, 2.45) is 0 Å². The Kier molecular flexibility index (Phi) is 5.55. The number of carbonyl (C=O) groups excluding carboxylic acids is 2. The first kappa shape index (κ1) is 19.1. The van der Waals surface area contributed by atoms with Crippen molar-refractivity contribution < 1.29 is 28.5 Å². The number of amides is 1. The van der Waals surface area contributed by atoms with E-state index < -0.39 is 5.97 Å². The maximum Gasteiger partial charge on any atom is 0.338 e. The van der Waals surface area contributed by atoms with Gasteiger partial charge in [-0.05, 0) is 42.5 Å². The van der Waals surface area contributed by atoms with E-state index in [1.807, 2.05) is 18.2 Å². The van der Waals surface area contributed by atoms with E-state index >= 15 is 0 Å². The molecule has 4 rings (SSSR count). The quantitative estimate of drug-likeness (QED) is 0.782. The summed E-state index contributed by atoms with van der Waals surface area (Å²) in [5, 5.41) is 2.97. The van der Waals surface area contributed by atoms with Crippen LogP contribution < -0.4 is 19.5 Å². The van der Waals surface area contributed by atoms with Crippen LogP contribution in [0.25, 0.3) is 0 Å². The van der Waals surface area contributed by atoms with Crippen LogP contribution in [0.4, 0.5) is 0 Å². The van der Waals surface area contributed by atoms with Crippen LogP contribution in [0.5, 0.6) is 17.2 Å². The number of nitrogens with one attached hydrogen (secondary N) is 1. The summed E-state index contributed by atoms with van der Waals surface area (Å²) < 4.78 is 21.5. The monoisotopic (exact) mass is 397 g/mol. The van der Waals surface area contributed by atoms with Gasteiger partial charge in [-0.3, -0.25) is 4.79 Å². The standard InChI is InChI=1S/C22H23NO6/c1-26-18-11-15(12-19-21(18)28-10-9-27-19)22(25)29-13-20(24)23-17-8-4-6-14-5-2-3-7-16(14)17/h2-3,5,7,11-12,17H,4,6,8-10,13H2,1H3,(H,23,24)/t17-/m1/s1. The molecule has 1 amide bonds. The first-order valence-electron chi connectivity index (χ1n) is 9.67. The van der Waals surface area contributed by atoms with Crippen molar-refractivity contribution in [2.45, 2.75) is 25.3 Å². The highest BCUT2D eigenvalue weighted by atomic mass is 16.6. The largest absolute Gasteiger partial charge is 0.493 e. The fraction of sp³-hybridized carbons (Fsp3) is 0.364. The van der Waals surface area contributed by atoms with E-state index in [1.54, 1.807) is 0 Å². The van der Waals surface area contributed by atoms with E-state index in [0.29, 0.717) is 30.5 Å². The molecule has 2 aromatic carbocycles. The third-order valence-electron chi connectivity index (χ3n) is 5.10. The second kappa shape index (κ2) is 8.43. The molecule has 7 heteroatoms. The number of fused-ring (bicyclic) bond motifs is 2. The Morgan fingerprint density at radius 1 is 1.17 bits per heavy atom. The molecule has 0 saturated heterocycles. The molecule has 7 nitrogen and oxygen atoms in total. The van der Waals surface area contributed by atoms with Gasteiger partial charge in [0.2, 0.25) is 5.75 Å². The summed E-state index contributed by atoms with van der Waals surface area (Å²) in [6.45, 7) is 0.450. The summed E-state index contributed by atoms with van der Waals surface area (Å²) in [4.78, 5) is 24.8. The van der Waals surface area contributed by atoms with Crippen molar-refractivity contribution in [1.29, 1.82) is 0 Å². The first-order valence-corrected chi connectivity index (χ1v) is 9.67. The number of hydrogen-bond acceptors (Lipinski definition) is 6. The van der Waals surface area contributed by atoms with Gasteiger partial charge in [-0.2, -0.15) is 0 Å². The highest BCUT2D eigenvalue weighted by Gasteiger charge is 2.24. The summed E-state index contributed by atoms with van der Waals surface area (Å²) in [5.74, 6) is 0.316. The lowest BCUT2D eigenvalue weighted by atomic mass is 9.88. The molecule has 0 fully saturated rings. The number of ether oxygens (including phenoxy) is 4. The van der Waals surface area contributed by atoms with Gasteiger partial charge in [-0.15, -0.1) is 0 Å². The van der Waals surface area contributed by atoms with Gasteiger partial charge in [0.15, 0.2) is 18.1 Å². The Morgan fingerprint density at radius 3 is 2.86 bits per heavy atom. The predicted molar refractivity (Wildman–Crippen MR) is 105 cm³/mol. The summed E-state index contributed by atoms with van der Waals surface area (Å²) in [6.07, 6.45) is 2.90. The molecule has 0 bridgehead atoms. The number of hydrogen-bond donors (Lipinski definition) is 1. The van der Waals surface area contributed by atoms with E-state index in [0.717, 1.165) is 24.8 Å². The molecule has 1 aliphatic heterocycles. The zero-order chi connectivity index (χ0) is 20.2. The minimum absolute atomic E-state index is 0.0551. The minimum Gasteiger partial charge on any atom is -0.493 e. The molecule has 0 unspecified atom stereocenters. The zero-order valence-electron chi connectivity index (χ0n) is 16.2. The summed E-state index contributed by atoms with van der Waals surface area (Å²) in [7, 11) is 1.48. The first-order chi connectivity index (χ1) is 14.2. The fourth-order valence-electron chi connectivity index (χ4n) is 3.75. The molecule has 1 heterocycles. The molecule has 2 aromatic rings. The van der Waals surface area contributed by atoms with Gasteiger partial charge < -0.3 is 24.3 Å². The van der Waals surface area contributed by atoms with Gasteiger partial charge in [0.25, 0.3) is 5.91 Å². The van der Waals surface area contributed by atoms with Crippen LogP contribution in [-0.4, -0.2) is 38.8 Å². The molecule has 152 valence electrons. The average Bonchev–Trinajstić information content (AvgIpc) is 2.77. The van der Waals surface area contributed by atoms with Crippen molar-refractivity contribution >= 4 is 11.9 Å². The Balaban J connectivity index is 1.38. The van der Waals surface area contributed by atoms with E-state index in [4.69, 9.17) is 18.9 Å². The van der Waals surface area contributed by atoms with Crippen molar-refractivity contribution in [2.75, 3.05) is 26.9 Å². The van der Waals surface area contributed by atoms with Crippen molar-refractivity contribution in [3.05, 3.63) is 53.1 Å². The lowest BCUT2D eigenvalue weighted by Crippen LogP contribution is -2.34. The summed E-state index contributed by atoms with van der Waals surface area (Å²) >= 11 is 0. The molecular formula is C22H23NO6.